The van der Waals surface area contributed by atoms with Gasteiger partial charge in [-0.05, 0) is 50.5 Å². The average Bonchev–Trinajstić information content (AvgIpc) is 3.63. The molecule has 0 spiro atoms. The van der Waals surface area contributed by atoms with E-state index >= 15 is 4.39 Å². The second-order valence-electron chi connectivity index (χ2n) is 9.96. The van der Waals surface area contributed by atoms with Gasteiger partial charge in [0, 0.05) is 53.4 Å². The number of aryl methyl sites for hydroxylation is 1. The normalized spacial score (nSPS) is 17.3. The zero-order valence-electron chi connectivity index (χ0n) is 21.5. The van der Waals surface area contributed by atoms with Gasteiger partial charge in [-0.15, -0.1) is 0 Å². The van der Waals surface area contributed by atoms with Crippen LogP contribution in [0.5, 0.6) is 23.0 Å². The van der Waals surface area contributed by atoms with E-state index in [-0.39, 0.29) is 23.8 Å². The highest BCUT2D eigenvalue weighted by molar-refractivity contribution is 5.66. The second-order valence-corrected chi connectivity index (χ2v) is 9.96. The Hall–Kier alpha value is -4.47. The van der Waals surface area contributed by atoms with Crippen LogP contribution in [0.2, 0.25) is 0 Å². The molecular formula is C30H25F3N2O5. The molecular weight excluding hydrogens is 525 g/mol. The summed E-state index contributed by atoms with van der Waals surface area (Å²) < 4.78 is 63.6. The van der Waals surface area contributed by atoms with Gasteiger partial charge in [0.05, 0.1) is 12.3 Å². The molecule has 6 rings (SSSR count). The minimum atomic E-state index is -0.852. The van der Waals surface area contributed by atoms with Crippen LogP contribution < -0.4 is 14.2 Å². The molecule has 0 radical (unpaired) electrons. The van der Waals surface area contributed by atoms with Gasteiger partial charge in [-0.3, -0.25) is 4.79 Å². The number of nitrogens with zero attached hydrogens (tertiary/aromatic N) is 2. The van der Waals surface area contributed by atoms with Crippen LogP contribution in [0.1, 0.15) is 53.7 Å². The van der Waals surface area contributed by atoms with Gasteiger partial charge in [0.2, 0.25) is 0 Å². The SMILES string of the molecule is Cc1ccn(-c2c(F)cc(Oc3ccc(F)c4c3CCC4Oc3ccc4c(c3)OCC4CCC(=O)O)cc2F)n1. The van der Waals surface area contributed by atoms with Gasteiger partial charge in [0.1, 0.15) is 40.6 Å². The Morgan fingerprint density at radius 3 is 2.60 bits per heavy atom. The summed E-state index contributed by atoms with van der Waals surface area (Å²) in [6, 6.07) is 11.8. The molecule has 0 fully saturated rings. The molecule has 7 nitrogen and oxygen atoms in total. The summed E-state index contributed by atoms with van der Waals surface area (Å²) in [6.07, 6.45) is 2.33. The number of rotatable bonds is 8. The number of hydrogen-bond donors (Lipinski definition) is 1. The minimum Gasteiger partial charge on any atom is -0.493 e. The fourth-order valence-corrected chi connectivity index (χ4v) is 5.37. The topological polar surface area (TPSA) is 82.8 Å². The van der Waals surface area contributed by atoms with Crippen molar-refractivity contribution in [2.45, 2.75) is 44.6 Å². The molecule has 2 unspecified atom stereocenters. The van der Waals surface area contributed by atoms with Crippen LogP contribution in [0.4, 0.5) is 13.2 Å². The van der Waals surface area contributed by atoms with Crippen LogP contribution in [-0.4, -0.2) is 27.5 Å². The molecule has 1 aliphatic carbocycles. The number of carboxylic acid groups (broad SMARTS) is 1. The van der Waals surface area contributed by atoms with Crippen molar-refractivity contribution in [1.29, 1.82) is 0 Å². The first-order valence-electron chi connectivity index (χ1n) is 12.9. The van der Waals surface area contributed by atoms with Crippen molar-refractivity contribution in [2.24, 2.45) is 0 Å². The van der Waals surface area contributed by atoms with E-state index in [1.165, 1.54) is 18.3 Å². The van der Waals surface area contributed by atoms with Crippen molar-refractivity contribution < 1.29 is 37.3 Å². The van der Waals surface area contributed by atoms with E-state index in [1.54, 1.807) is 25.1 Å². The Kier molecular flexibility index (Phi) is 6.61. The zero-order valence-corrected chi connectivity index (χ0v) is 21.5. The number of aromatic nitrogens is 2. The third-order valence-corrected chi connectivity index (χ3v) is 7.26. The molecule has 4 aromatic rings. The molecule has 0 bridgehead atoms. The standard InChI is InChI=1S/C30H25F3N2O5/c1-16-10-11-35(34-16)30-23(32)12-19(13-24(30)33)40-25-8-6-22(31)29-21(25)5-7-26(29)39-18-3-4-20-17(2-9-28(36)37)15-38-27(20)14-18/h3-4,6,8,10-14,17,26H,2,5,7,9,15H2,1H3,(H,36,37). The number of hydrogen-bond acceptors (Lipinski definition) is 5. The maximum Gasteiger partial charge on any atom is 0.303 e. The molecule has 206 valence electrons. The number of halogens is 3. The van der Waals surface area contributed by atoms with E-state index in [9.17, 15) is 13.6 Å². The maximum absolute atomic E-state index is 15.0. The summed E-state index contributed by atoms with van der Waals surface area (Å²) in [6.45, 7) is 2.12. The quantitative estimate of drug-likeness (QED) is 0.260. The summed E-state index contributed by atoms with van der Waals surface area (Å²) in [7, 11) is 0. The molecule has 10 heteroatoms. The fraction of sp³-hybridized carbons (Fsp3) is 0.267. The summed E-state index contributed by atoms with van der Waals surface area (Å²) >= 11 is 0. The van der Waals surface area contributed by atoms with Gasteiger partial charge in [-0.25, -0.2) is 17.9 Å². The minimum absolute atomic E-state index is 0.00286. The Labute approximate surface area is 227 Å². The van der Waals surface area contributed by atoms with Crippen LogP contribution in [0.25, 0.3) is 5.69 Å². The second kappa shape index (κ2) is 10.3. The maximum atomic E-state index is 15.0. The van der Waals surface area contributed by atoms with Crippen LogP contribution in [0.3, 0.4) is 0 Å². The Bertz CT molecular complexity index is 1600. The van der Waals surface area contributed by atoms with Crippen molar-refractivity contribution in [3.05, 3.63) is 94.6 Å². The van der Waals surface area contributed by atoms with Gasteiger partial charge in [-0.1, -0.05) is 6.07 Å². The molecule has 2 atom stereocenters. The van der Waals surface area contributed by atoms with Crippen LogP contribution in [0.15, 0.2) is 54.7 Å². The summed E-state index contributed by atoms with van der Waals surface area (Å²) in [5.74, 6) is -1.65. The predicted octanol–water partition coefficient (Wildman–Crippen LogP) is 6.80. The lowest BCUT2D eigenvalue weighted by molar-refractivity contribution is -0.137. The zero-order chi connectivity index (χ0) is 28.0. The predicted molar refractivity (Wildman–Crippen MR) is 138 cm³/mol. The number of carbonyl (C=O) groups is 1. The van der Waals surface area contributed by atoms with Crippen molar-refractivity contribution in [3.63, 3.8) is 0 Å². The van der Waals surface area contributed by atoms with Crippen LogP contribution >= 0.6 is 0 Å². The smallest absolute Gasteiger partial charge is 0.303 e. The van der Waals surface area contributed by atoms with Gasteiger partial charge in [0.25, 0.3) is 0 Å². The third-order valence-electron chi connectivity index (χ3n) is 7.26. The first kappa shape index (κ1) is 25.8. The van der Waals surface area contributed by atoms with Crippen molar-refractivity contribution >= 4 is 5.97 Å². The van der Waals surface area contributed by atoms with Crippen molar-refractivity contribution in [3.8, 4) is 28.7 Å². The first-order chi connectivity index (χ1) is 19.3. The summed E-state index contributed by atoms with van der Waals surface area (Å²) in [4.78, 5) is 10.9. The molecule has 1 N–H and O–H groups in total. The van der Waals surface area contributed by atoms with Gasteiger partial charge < -0.3 is 19.3 Å². The van der Waals surface area contributed by atoms with Crippen molar-refractivity contribution in [2.75, 3.05) is 6.61 Å². The molecule has 0 saturated carbocycles. The first-order valence-corrected chi connectivity index (χ1v) is 12.9. The fourth-order valence-electron chi connectivity index (χ4n) is 5.37. The highest BCUT2D eigenvalue weighted by Gasteiger charge is 2.32. The lowest BCUT2D eigenvalue weighted by atomic mass is 9.96. The Morgan fingerprint density at radius 2 is 1.88 bits per heavy atom. The molecule has 40 heavy (non-hydrogen) atoms. The highest BCUT2D eigenvalue weighted by Crippen LogP contribution is 2.44. The van der Waals surface area contributed by atoms with Gasteiger partial charge in [-0.2, -0.15) is 5.10 Å². The molecule has 3 aromatic carbocycles. The van der Waals surface area contributed by atoms with E-state index < -0.39 is 29.5 Å². The largest absolute Gasteiger partial charge is 0.493 e. The summed E-state index contributed by atoms with van der Waals surface area (Å²) in [5, 5.41) is 13.0. The van der Waals surface area contributed by atoms with Crippen molar-refractivity contribution in [1.82, 2.24) is 9.78 Å². The number of carboxylic acids is 1. The molecule has 2 aliphatic rings. The number of aliphatic carboxylic acids is 1. The highest BCUT2D eigenvalue weighted by atomic mass is 19.1. The van der Waals surface area contributed by atoms with Crippen LogP contribution in [-0.2, 0) is 11.2 Å². The number of fused-ring (bicyclic) bond motifs is 2. The molecule has 1 aromatic heterocycles. The van der Waals surface area contributed by atoms with Crippen LogP contribution in [0, 0.1) is 24.4 Å². The number of ether oxygens (including phenoxy) is 3. The van der Waals surface area contributed by atoms with Gasteiger partial charge in [0.15, 0.2) is 11.6 Å². The molecule has 0 saturated heterocycles. The number of benzene rings is 3. The lowest BCUT2D eigenvalue weighted by Gasteiger charge is -2.17. The van der Waals surface area contributed by atoms with E-state index in [4.69, 9.17) is 19.3 Å². The Balaban J connectivity index is 1.21. The lowest BCUT2D eigenvalue weighted by Crippen LogP contribution is -2.06. The molecule has 2 heterocycles. The van der Waals surface area contributed by atoms with E-state index in [0.717, 1.165) is 22.4 Å². The van der Waals surface area contributed by atoms with E-state index in [2.05, 4.69) is 5.10 Å². The van der Waals surface area contributed by atoms with E-state index in [1.807, 2.05) is 6.07 Å². The van der Waals surface area contributed by atoms with Gasteiger partial charge >= 0.3 is 5.97 Å². The monoisotopic (exact) mass is 550 g/mol. The average molecular weight is 551 g/mol. The molecule has 0 amide bonds. The van der Waals surface area contributed by atoms with E-state index in [0.29, 0.717) is 59.9 Å². The summed E-state index contributed by atoms with van der Waals surface area (Å²) in [5.41, 5.74) is 2.14. The molecule has 1 aliphatic heterocycles. The Morgan fingerprint density at radius 1 is 1.07 bits per heavy atom. The third kappa shape index (κ3) is 4.85.